The SMILES string of the molecule is CCCS(=O)(=O)Nc1ccc(NC(=O)CSc2nnc(-c3cccc(C)c3)n2CC)cc1. The molecule has 8 nitrogen and oxygen atoms in total. The summed E-state index contributed by atoms with van der Waals surface area (Å²) in [6.45, 7) is 6.55. The summed E-state index contributed by atoms with van der Waals surface area (Å²) in [5.74, 6) is 0.838. The molecule has 0 saturated carbocycles. The third-order valence-corrected chi connectivity index (χ3v) is 7.02. The highest BCUT2D eigenvalue weighted by Gasteiger charge is 2.15. The van der Waals surface area contributed by atoms with Crippen LogP contribution in [0.5, 0.6) is 0 Å². The smallest absolute Gasteiger partial charge is 0.234 e. The largest absolute Gasteiger partial charge is 0.325 e. The van der Waals surface area contributed by atoms with Crippen LogP contribution in [0.1, 0.15) is 25.8 Å². The second-order valence-corrected chi connectivity index (χ2v) is 10.0. The van der Waals surface area contributed by atoms with E-state index in [1.165, 1.54) is 11.8 Å². The van der Waals surface area contributed by atoms with Crippen molar-refractivity contribution in [1.82, 2.24) is 14.8 Å². The lowest BCUT2D eigenvalue weighted by Gasteiger charge is -2.09. The van der Waals surface area contributed by atoms with Gasteiger partial charge in [-0.15, -0.1) is 10.2 Å². The fraction of sp³-hybridized carbons (Fsp3) is 0.318. The van der Waals surface area contributed by atoms with Crippen molar-refractivity contribution >= 4 is 39.1 Å². The van der Waals surface area contributed by atoms with Crippen molar-refractivity contribution in [3.63, 3.8) is 0 Å². The zero-order valence-electron chi connectivity index (χ0n) is 18.3. The molecule has 0 aliphatic rings. The lowest BCUT2D eigenvalue weighted by atomic mass is 10.1. The average molecular weight is 474 g/mol. The number of benzene rings is 2. The van der Waals surface area contributed by atoms with Crippen LogP contribution < -0.4 is 10.0 Å². The molecule has 1 aromatic heterocycles. The summed E-state index contributed by atoms with van der Waals surface area (Å²) in [6.07, 6.45) is 0.541. The van der Waals surface area contributed by atoms with E-state index in [-0.39, 0.29) is 17.4 Å². The molecule has 32 heavy (non-hydrogen) atoms. The highest BCUT2D eigenvalue weighted by molar-refractivity contribution is 7.99. The molecule has 0 spiro atoms. The van der Waals surface area contributed by atoms with Crippen LogP contribution in [-0.2, 0) is 21.4 Å². The topological polar surface area (TPSA) is 106 Å². The molecule has 0 unspecified atom stereocenters. The number of hydrogen-bond acceptors (Lipinski definition) is 6. The molecule has 3 rings (SSSR count). The summed E-state index contributed by atoms with van der Waals surface area (Å²) in [4.78, 5) is 12.4. The normalized spacial score (nSPS) is 11.3. The van der Waals surface area contributed by atoms with E-state index < -0.39 is 10.0 Å². The zero-order valence-corrected chi connectivity index (χ0v) is 20.0. The Morgan fingerprint density at radius 2 is 1.78 bits per heavy atom. The molecule has 0 atom stereocenters. The summed E-state index contributed by atoms with van der Waals surface area (Å²) in [5, 5.41) is 12.1. The van der Waals surface area contributed by atoms with Gasteiger partial charge in [0.05, 0.1) is 11.5 Å². The van der Waals surface area contributed by atoms with Crippen LogP contribution in [0.4, 0.5) is 11.4 Å². The number of anilines is 2. The molecule has 10 heteroatoms. The molecule has 0 aliphatic heterocycles. The predicted molar refractivity (Wildman–Crippen MR) is 129 cm³/mol. The highest BCUT2D eigenvalue weighted by Crippen LogP contribution is 2.25. The van der Waals surface area contributed by atoms with Gasteiger partial charge in [0.25, 0.3) is 0 Å². The Labute approximate surface area is 192 Å². The Morgan fingerprint density at radius 3 is 2.44 bits per heavy atom. The van der Waals surface area contributed by atoms with Gasteiger partial charge in [-0.1, -0.05) is 42.4 Å². The van der Waals surface area contributed by atoms with E-state index >= 15 is 0 Å². The molecule has 0 bridgehead atoms. The molecule has 1 heterocycles. The minimum absolute atomic E-state index is 0.0662. The predicted octanol–water partition coefficient (Wildman–Crippen LogP) is 4.16. The number of nitrogens with zero attached hydrogens (tertiary/aromatic N) is 3. The first-order valence-electron chi connectivity index (χ1n) is 10.3. The zero-order chi connectivity index (χ0) is 23.1. The van der Waals surface area contributed by atoms with Crippen LogP contribution in [0.3, 0.4) is 0 Å². The Kier molecular flexibility index (Phi) is 7.92. The summed E-state index contributed by atoms with van der Waals surface area (Å²) in [5.41, 5.74) is 3.19. The lowest BCUT2D eigenvalue weighted by Crippen LogP contribution is -2.16. The maximum atomic E-state index is 12.4. The van der Waals surface area contributed by atoms with Crippen molar-refractivity contribution in [1.29, 1.82) is 0 Å². The van der Waals surface area contributed by atoms with Crippen LogP contribution >= 0.6 is 11.8 Å². The van der Waals surface area contributed by atoms with Crippen LogP contribution in [0.25, 0.3) is 11.4 Å². The summed E-state index contributed by atoms with van der Waals surface area (Å²) in [7, 11) is -3.34. The Balaban J connectivity index is 1.59. The minimum atomic E-state index is -3.34. The van der Waals surface area contributed by atoms with Crippen molar-refractivity contribution in [2.24, 2.45) is 0 Å². The fourth-order valence-electron chi connectivity index (χ4n) is 3.13. The molecule has 1 amide bonds. The highest BCUT2D eigenvalue weighted by atomic mass is 32.2. The lowest BCUT2D eigenvalue weighted by molar-refractivity contribution is -0.113. The molecule has 0 fully saturated rings. The molecule has 3 aromatic rings. The third kappa shape index (κ3) is 6.33. The van der Waals surface area contributed by atoms with E-state index in [0.29, 0.717) is 29.5 Å². The molecule has 170 valence electrons. The number of amides is 1. The van der Waals surface area contributed by atoms with Crippen LogP contribution in [0, 0.1) is 6.92 Å². The minimum Gasteiger partial charge on any atom is -0.325 e. The van der Waals surface area contributed by atoms with Crippen molar-refractivity contribution in [2.45, 2.75) is 38.9 Å². The first kappa shape index (κ1) is 23.8. The number of rotatable bonds is 10. The number of carbonyl (C=O) groups is 1. The summed E-state index contributed by atoms with van der Waals surface area (Å²) in [6, 6.07) is 14.6. The van der Waals surface area contributed by atoms with Crippen molar-refractivity contribution in [3.8, 4) is 11.4 Å². The Bertz CT molecular complexity index is 1170. The fourth-order valence-corrected chi connectivity index (χ4v) is 5.06. The average Bonchev–Trinajstić information content (AvgIpc) is 3.16. The van der Waals surface area contributed by atoms with Gasteiger partial charge in [0, 0.05) is 23.5 Å². The second-order valence-electron chi connectivity index (χ2n) is 7.26. The van der Waals surface area contributed by atoms with Gasteiger partial charge in [0.15, 0.2) is 11.0 Å². The number of nitrogens with one attached hydrogen (secondary N) is 2. The number of hydrogen-bond donors (Lipinski definition) is 2. The quantitative estimate of drug-likeness (QED) is 0.428. The van der Waals surface area contributed by atoms with E-state index in [1.807, 2.05) is 43.5 Å². The molecular formula is C22H27N5O3S2. The Morgan fingerprint density at radius 1 is 1.06 bits per heavy atom. The summed E-state index contributed by atoms with van der Waals surface area (Å²) >= 11 is 1.32. The standard InChI is InChI=1S/C22H27N5O3S2/c1-4-13-32(29,30)26-19-11-9-18(10-12-19)23-20(28)15-31-22-25-24-21(27(22)5-2)17-8-6-7-16(3)14-17/h6-12,14,26H,4-5,13,15H2,1-3H3,(H,23,28). The van der Waals surface area contributed by atoms with Gasteiger partial charge in [0.2, 0.25) is 15.9 Å². The van der Waals surface area contributed by atoms with Gasteiger partial charge in [0.1, 0.15) is 0 Å². The molecule has 2 aromatic carbocycles. The molecule has 2 N–H and O–H groups in total. The van der Waals surface area contributed by atoms with Crippen LogP contribution in [0.15, 0.2) is 53.7 Å². The van der Waals surface area contributed by atoms with E-state index in [4.69, 9.17) is 0 Å². The van der Waals surface area contributed by atoms with Crippen molar-refractivity contribution in [3.05, 3.63) is 54.1 Å². The van der Waals surface area contributed by atoms with Crippen LogP contribution in [-0.4, -0.2) is 40.6 Å². The van der Waals surface area contributed by atoms with Gasteiger partial charge >= 0.3 is 0 Å². The molecule has 0 radical (unpaired) electrons. The number of aryl methyl sites for hydroxylation is 1. The van der Waals surface area contributed by atoms with Crippen molar-refractivity contribution in [2.75, 3.05) is 21.5 Å². The van der Waals surface area contributed by atoms with E-state index in [9.17, 15) is 13.2 Å². The maximum Gasteiger partial charge on any atom is 0.234 e. The van der Waals surface area contributed by atoms with E-state index in [1.54, 1.807) is 24.3 Å². The Hall–Kier alpha value is -2.85. The molecule has 0 aliphatic carbocycles. The first-order valence-corrected chi connectivity index (χ1v) is 13.0. The number of sulfonamides is 1. The number of thioether (sulfide) groups is 1. The third-order valence-electron chi connectivity index (χ3n) is 4.56. The molecule has 0 saturated heterocycles. The van der Waals surface area contributed by atoms with E-state index in [0.717, 1.165) is 17.0 Å². The van der Waals surface area contributed by atoms with E-state index in [2.05, 4.69) is 26.3 Å². The van der Waals surface area contributed by atoms with Crippen LogP contribution in [0.2, 0.25) is 0 Å². The van der Waals surface area contributed by atoms with Gasteiger partial charge in [-0.05, 0) is 50.6 Å². The van der Waals surface area contributed by atoms with Gasteiger partial charge in [-0.2, -0.15) is 0 Å². The maximum absolute atomic E-state index is 12.4. The number of carbonyl (C=O) groups excluding carboxylic acids is 1. The van der Waals surface area contributed by atoms with Gasteiger partial charge in [-0.3, -0.25) is 9.52 Å². The number of aromatic nitrogens is 3. The summed E-state index contributed by atoms with van der Waals surface area (Å²) < 4.78 is 28.2. The first-order chi connectivity index (χ1) is 15.3. The molecular weight excluding hydrogens is 446 g/mol. The van der Waals surface area contributed by atoms with Crippen molar-refractivity contribution < 1.29 is 13.2 Å². The van der Waals surface area contributed by atoms with Gasteiger partial charge < -0.3 is 9.88 Å². The van der Waals surface area contributed by atoms with Gasteiger partial charge in [-0.25, -0.2) is 8.42 Å². The monoisotopic (exact) mass is 473 g/mol. The second kappa shape index (κ2) is 10.6.